The number of nitrogens with one attached hydrogen (secondary N) is 1. The van der Waals surface area contributed by atoms with Crippen LogP contribution in [0.3, 0.4) is 0 Å². The Hall–Kier alpha value is -2.56. The number of aromatic nitrogens is 3. The van der Waals surface area contributed by atoms with Crippen LogP contribution in [0.4, 0.5) is 17.5 Å². The number of para-hydroxylation sites is 1. The summed E-state index contributed by atoms with van der Waals surface area (Å²) in [7, 11) is 0. The predicted octanol–water partition coefficient (Wildman–Crippen LogP) is 2.06. The van der Waals surface area contributed by atoms with Crippen LogP contribution in [0.15, 0.2) is 48.5 Å². The standard InChI is InChI=1S/C12H11N5/c13-10-7-4-8-11-15-12(16-17(10)11)14-9-5-2-1-3-6-9/h1-8H,13H2,(H,14,16). The molecule has 84 valence electrons. The van der Waals surface area contributed by atoms with Crippen molar-refractivity contribution in [1.29, 1.82) is 0 Å². The summed E-state index contributed by atoms with van der Waals surface area (Å²) in [4.78, 5) is 4.33. The SMILES string of the molecule is Nc1cccc2nc(Nc3ccccc3)nn12. The number of anilines is 3. The number of rotatable bonds is 2. The van der Waals surface area contributed by atoms with Crippen LogP contribution in [0.25, 0.3) is 5.65 Å². The Labute approximate surface area is 97.9 Å². The first-order valence-corrected chi connectivity index (χ1v) is 5.26. The Morgan fingerprint density at radius 1 is 1.00 bits per heavy atom. The summed E-state index contributed by atoms with van der Waals surface area (Å²) in [6.45, 7) is 0. The van der Waals surface area contributed by atoms with Crippen molar-refractivity contribution in [2.24, 2.45) is 0 Å². The fourth-order valence-corrected chi connectivity index (χ4v) is 1.63. The molecule has 0 amide bonds. The zero-order chi connectivity index (χ0) is 11.7. The van der Waals surface area contributed by atoms with Crippen molar-refractivity contribution >= 4 is 23.1 Å². The minimum Gasteiger partial charge on any atom is -0.384 e. The van der Waals surface area contributed by atoms with Gasteiger partial charge >= 0.3 is 0 Å². The maximum atomic E-state index is 5.80. The van der Waals surface area contributed by atoms with E-state index in [1.165, 1.54) is 0 Å². The molecule has 5 heteroatoms. The van der Waals surface area contributed by atoms with Gasteiger partial charge in [0.2, 0.25) is 5.95 Å². The summed E-state index contributed by atoms with van der Waals surface area (Å²) >= 11 is 0. The zero-order valence-corrected chi connectivity index (χ0v) is 9.04. The molecular formula is C12H11N5. The fraction of sp³-hybridized carbons (Fsp3) is 0. The lowest BCUT2D eigenvalue weighted by Crippen LogP contribution is -1.98. The van der Waals surface area contributed by atoms with Crippen LogP contribution >= 0.6 is 0 Å². The second kappa shape index (κ2) is 3.79. The van der Waals surface area contributed by atoms with E-state index in [0.29, 0.717) is 11.8 Å². The second-order valence-corrected chi connectivity index (χ2v) is 3.65. The molecule has 3 N–H and O–H groups in total. The third kappa shape index (κ3) is 1.78. The van der Waals surface area contributed by atoms with Crippen molar-refractivity contribution in [2.75, 3.05) is 11.1 Å². The zero-order valence-electron chi connectivity index (χ0n) is 9.04. The Morgan fingerprint density at radius 2 is 1.82 bits per heavy atom. The van der Waals surface area contributed by atoms with Crippen molar-refractivity contribution in [1.82, 2.24) is 14.6 Å². The number of nitrogen functional groups attached to an aromatic ring is 1. The third-order valence-electron chi connectivity index (χ3n) is 2.42. The number of hydrogen-bond acceptors (Lipinski definition) is 4. The molecule has 5 nitrogen and oxygen atoms in total. The maximum Gasteiger partial charge on any atom is 0.247 e. The van der Waals surface area contributed by atoms with Crippen molar-refractivity contribution in [3.05, 3.63) is 48.5 Å². The molecule has 0 atom stereocenters. The Kier molecular flexibility index (Phi) is 2.15. The maximum absolute atomic E-state index is 5.80. The largest absolute Gasteiger partial charge is 0.384 e. The van der Waals surface area contributed by atoms with Gasteiger partial charge in [-0.2, -0.15) is 9.50 Å². The summed E-state index contributed by atoms with van der Waals surface area (Å²) in [5.41, 5.74) is 7.47. The molecule has 0 saturated heterocycles. The molecule has 3 aromatic rings. The van der Waals surface area contributed by atoms with Crippen LogP contribution < -0.4 is 11.1 Å². The number of nitrogens with zero attached hydrogens (tertiary/aromatic N) is 3. The van der Waals surface area contributed by atoms with Crippen LogP contribution in [-0.2, 0) is 0 Å². The van der Waals surface area contributed by atoms with Crippen LogP contribution in [-0.4, -0.2) is 14.6 Å². The van der Waals surface area contributed by atoms with Gasteiger partial charge in [0.05, 0.1) is 0 Å². The fourth-order valence-electron chi connectivity index (χ4n) is 1.63. The summed E-state index contributed by atoms with van der Waals surface area (Å²) < 4.78 is 1.60. The molecule has 0 unspecified atom stereocenters. The van der Waals surface area contributed by atoms with E-state index in [9.17, 15) is 0 Å². The van der Waals surface area contributed by atoms with Crippen molar-refractivity contribution < 1.29 is 0 Å². The van der Waals surface area contributed by atoms with Gasteiger partial charge in [-0.25, -0.2) is 0 Å². The van der Waals surface area contributed by atoms with Gasteiger partial charge in [-0.3, -0.25) is 0 Å². The number of hydrogen-bond donors (Lipinski definition) is 2. The highest BCUT2D eigenvalue weighted by Gasteiger charge is 2.04. The van der Waals surface area contributed by atoms with E-state index in [-0.39, 0.29) is 0 Å². The van der Waals surface area contributed by atoms with Gasteiger partial charge in [-0.1, -0.05) is 24.3 Å². The van der Waals surface area contributed by atoms with Gasteiger partial charge in [0.1, 0.15) is 5.82 Å². The summed E-state index contributed by atoms with van der Waals surface area (Å²) in [5.74, 6) is 1.10. The second-order valence-electron chi connectivity index (χ2n) is 3.65. The van der Waals surface area contributed by atoms with Gasteiger partial charge in [-0.15, -0.1) is 5.10 Å². The Balaban J connectivity index is 1.99. The highest BCUT2D eigenvalue weighted by Crippen LogP contribution is 2.14. The Bertz CT molecular complexity index is 644. The number of pyridine rings is 1. The quantitative estimate of drug-likeness (QED) is 0.700. The van der Waals surface area contributed by atoms with Gasteiger partial charge in [0.15, 0.2) is 5.65 Å². The minimum atomic E-state index is 0.536. The smallest absolute Gasteiger partial charge is 0.247 e. The van der Waals surface area contributed by atoms with Gasteiger partial charge in [0, 0.05) is 5.69 Å². The lowest BCUT2D eigenvalue weighted by Gasteiger charge is -1.99. The molecule has 0 radical (unpaired) electrons. The van der Waals surface area contributed by atoms with E-state index >= 15 is 0 Å². The minimum absolute atomic E-state index is 0.536. The van der Waals surface area contributed by atoms with Gasteiger partial charge in [0.25, 0.3) is 0 Å². The first-order valence-electron chi connectivity index (χ1n) is 5.26. The molecular weight excluding hydrogens is 214 g/mol. The van der Waals surface area contributed by atoms with Crippen LogP contribution in [0, 0.1) is 0 Å². The normalized spacial score (nSPS) is 10.6. The van der Waals surface area contributed by atoms with Crippen LogP contribution in [0.1, 0.15) is 0 Å². The third-order valence-corrected chi connectivity index (χ3v) is 2.42. The molecule has 0 spiro atoms. The molecule has 0 aliphatic rings. The number of benzene rings is 1. The average Bonchev–Trinajstić information content (AvgIpc) is 2.74. The lowest BCUT2D eigenvalue weighted by atomic mass is 10.3. The van der Waals surface area contributed by atoms with E-state index in [4.69, 9.17) is 5.73 Å². The highest BCUT2D eigenvalue weighted by molar-refractivity contribution is 5.56. The molecule has 1 aromatic carbocycles. The summed E-state index contributed by atoms with van der Waals surface area (Å²) in [5, 5.41) is 7.40. The van der Waals surface area contributed by atoms with Crippen LogP contribution in [0.2, 0.25) is 0 Å². The molecule has 17 heavy (non-hydrogen) atoms. The number of fused-ring (bicyclic) bond motifs is 1. The molecule has 3 rings (SSSR count). The summed E-state index contributed by atoms with van der Waals surface area (Å²) in [6, 6.07) is 15.3. The van der Waals surface area contributed by atoms with Gasteiger partial charge < -0.3 is 11.1 Å². The van der Waals surface area contributed by atoms with Crippen molar-refractivity contribution in [3.63, 3.8) is 0 Å². The molecule has 0 bridgehead atoms. The monoisotopic (exact) mass is 225 g/mol. The number of nitrogens with two attached hydrogens (primary N) is 1. The molecule has 0 aliphatic heterocycles. The van der Waals surface area contributed by atoms with Crippen molar-refractivity contribution in [3.8, 4) is 0 Å². The topological polar surface area (TPSA) is 68.2 Å². The Morgan fingerprint density at radius 3 is 2.59 bits per heavy atom. The first kappa shape index (κ1) is 9.65. The van der Waals surface area contributed by atoms with E-state index in [0.717, 1.165) is 11.3 Å². The van der Waals surface area contributed by atoms with E-state index in [2.05, 4.69) is 15.4 Å². The van der Waals surface area contributed by atoms with E-state index < -0.39 is 0 Å². The molecule has 2 heterocycles. The first-order chi connectivity index (χ1) is 8.33. The molecule has 0 saturated carbocycles. The average molecular weight is 225 g/mol. The molecule has 0 aliphatic carbocycles. The predicted molar refractivity (Wildman–Crippen MR) is 67.1 cm³/mol. The van der Waals surface area contributed by atoms with E-state index in [1.54, 1.807) is 10.6 Å². The lowest BCUT2D eigenvalue weighted by molar-refractivity contribution is 0.978. The molecule has 2 aromatic heterocycles. The van der Waals surface area contributed by atoms with Gasteiger partial charge in [-0.05, 0) is 24.3 Å². The molecule has 0 fully saturated rings. The van der Waals surface area contributed by atoms with Crippen LogP contribution in [0.5, 0.6) is 0 Å². The van der Waals surface area contributed by atoms with E-state index in [1.807, 2.05) is 42.5 Å². The summed E-state index contributed by atoms with van der Waals surface area (Å²) in [6.07, 6.45) is 0. The highest BCUT2D eigenvalue weighted by atomic mass is 15.4. The van der Waals surface area contributed by atoms with Crippen molar-refractivity contribution in [2.45, 2.75) is 0 Å².